The van der Waals surface area contributed by atoms with Crippen LogP contribution in [-0.4, -0.2) is 35.3 Å². The fourth-order valence-electron chi connectivity index (χ4n) is 3.57. The highest BCUT2D eigenvalue weighted by Crippen LogP contribution is 2.33. The molecular weight excluding hydrogens is 499 g/mol. The second-order valence-corrected chi connectivity index (χ2v) is 9.74. The summed E-state index contributed by atoms with van der Waals surface area (Å²) in [5.41, 5.74) is 0.481. The number of amides is 2. The lowest BCUT2D eigenvalue weighted by Crippen LogP contribution is -2.25. The molecule has 36 heavy (non-hydrogen) atoms. The molecule has 1 saturated heterocycles. The highest BCUT2D eigenvalue weighted by atomic mass is 32.2. The van der Waals surface area contributed by atoms with Gasteiger partial charge in [-0.05, 0) is 61.6 Å². The number of halogens is 3. The van der Waals surface area contributed by atoms with Crippen LogP contribution in [0, 0.1) is 5.92 Å². The summed E-state index contributed by atoms with van der Waals surface area (Å²) in [5.74, 6) is -0.331. The predicted molar refractivity (Wildman–Crippen MR) is 124 cm³/mol. The minimum absolute atomic E-state index is 0.0502. The van der Waals surface area contributed by atoms with Crippen LogP contribution < -0.4 is 10.1 Å². The number of carbonyl (C=O) groups excluding carboxylic acids is 3. The van der Waals surface area contributed by atoms with Gasteiger partial charge in [0.1, 0.15) is 18.5 Å². The molecule has 2 aliphatic rings. The normalized spacial score (nSPS) is 19.5. The van der Waals surface area contributed by atoms with E-state index in [4.69, 9.17) is 14.2 Å². The van der Waals surface area contributed by atoms with Gasteiger partial charge in [-0.1, -0.05) is 36.0 Å². The maximum atomic E-state index is 13.0. The number of benzene rings is 2. The zero-order chi connectivity index (χ0) is 25.9. The maximum absolute atomic E-state index is 13.0. The van der Waals surface area contributed by atoms with Crippen LogP contribution in [0.5, 0.6) is 5.75 Å². The van der Waals surface area contributed by atoms with Gasteiger partial charge in [-0.3, -0.25) is 19.7 Å². The molecule has 0 spiro atoms. The van der Waals surface area contributed by atoms with Crippen LogP contribution in [0.2, 0.25) is 0 Å². The second kappa shape index (κ2) is 10.9. The lowest BCUT2D eigenvalue weighted by Gasteiger charge is -2.23. The summed E-state index contributed by atoms with van der Waals surface area (Å²) < 4.78 is 55.9. The van der Waals surface area contributed by atoms with Crippen LogP contribution in [-0.2, 0) is 31.7 Å². The third-order valence-corrected chi connectivity index (χ3v) is 6.65. The number of rotatable bonds is 10. The third kappa shape index (κ3) is 7.01. The van der Waals surface area contributed by atoms with Crippen molar-refractivity contribution in [2.75, 3.05) is 6.61 Å². The quantitative estimate of drug-likeness (QED) is 0.345. The zero-order valence-electron chi connectivity index (χ0n) is 19.2. The molecule has 11 heteroatoms. The fraction of sp³-hybridized carbons (Fsp3) is 0.400. The Bertz CT molecular complexity index is 1100. The van der Waals surface area contributed by atoms with Crippen LogP contribution in [0.25, 0.3) is 0 Å². The molecule has 1 aliphatic carbocycles. The summed E-state index contributed by atoms with van der Waals surface area (Å²) in [6.45, 7) is 1.50. The van der Waals surface area contributed by atoms with Gasteiger partial charge in [-0.2, -0.15) is 13.2 Å². The number of esters is 1. The van der Waals surface area contributed by atoms with Gasteiger partial charge in [0, 0.05) is 0 Å². The molecule has 0 radical (unpaired) electrons. The number of alkyl halides is 3. The standard InChI is InChI=1S/C25H24F3NO6S/c1-14(35-23(31)17-4-5-17)34-20(16-6-8-18(9-7-16)25(26,27)28)13-33-19-10-2-15(3-11-19)12-21-22(30)29-24(32)36-21/h2-3,6-11,14,17,20-21H,4-5,12-13H2,1H3,(H,29,30,32). The third-order valence-electron chi connectivity index (χ3n) is 5.67. The Morgan fingerprint density at radius 1 is 1.08 bits per heavy atom. The Morgan fingerprint density at radius 2 is 1.75 bits per heavy atom. The molecule has 1 heterocycles. The van der Waals surface area contributed by atoms with E-state index in [9.17, 15) is 27.6 Å². The molecule has 3 unspecified atom stereocenters. The number of thioether (sulfide) groups is 1. The molecule has 2 aromatic carbocycles. The molecule has 0 aromatic heterocycles. The number of ether oxygens (including phenoxy) is 3. The Labute approximate surface area is 209 Å². The van der Waals surface area contributed by atoms with Crippen LogP contribution >= 0.6 is 11.8 Å². The average Bonchev–Trinajstić information content (AvgIpc) is 3.62. The van der Waals surface area contributed by atoms with Gasteiger partial charge in [0.2, 0.25) is 12.2 Å². The topological polar surface area (TPSA) is 90.9 Å². The van der Waals surface area contributed by atoms with E-state index < -0.39 is 29.4 Å². The molecule has 3 atom stereocenters. The first-order valence-corrected chi connectivity index (χ1v) is 12.2. The van der Waals surface area contributed by atoms with Gasteiger partial charge in [0.25, 0.3) is 5.24 Å². The van der Waals surface area contributed by atoms with Crippen LogP contribution in [0.4, 0.5) is 18.0 Å². The molecule has 2 amide bonds. The van der Waals surface area contributed by atoms with E-state index in [-0.39, 0.29) is 29.6 Å². The van der Waals surface area contributed by atoms with Gasteiger partial charge < -0.3 is 14.2 Å². The van der Waals surface area contributed by atoms with Crippen molar-refractivity contribution in [3.05, 3.63) is 65.2 Å². The van der Waals surface area contributed by atoms with Crippen molar-refractivity contribution in [3.63, 3.8) is 0 Å². The minimum atomic E-state index is -4.47. The summed E-state index contributed by atoms with van der Waals surface area (Å²) in [4.78, 5) is 35.0. The van der Waals surface area contributed by atoms with Crippen molar-refractivity contribution in [3.8, 4) is 5.75 Å². The lowest BCUT2D eigenvalue weighted by molar-refractivity contribution is -0.190. The summed E-state index contributed by atoms with van der Waals surface area (Å²) in [6, 6.07) is 11.4. The minimum Gasteiger partial charge on any atom is -0.491 e. The Balaban J connectivity index is 1.40. The van der Waals surface area contributed by atoms with Crippen LogP contribution in [0.15, 0.2) is 48.5 Å². The molecule has 4 rings (SSSR count). The number of hydrogen-bond acceptors (Lipinski definition) is 7. The van der Waals surface area contributed by atoms with Gasteiger partial charge in [-0.15, -0.1) is 0 Å². The van der Waals surface area contributed by atoms with Gasteiger partial charge in [0.15, 0.2) is 0 Å². The molecule has 0 bridgehead atoms. The molecular formula is C25H24F3NO6S. The molecule has 7 nitrogen and oxygen atoms in total. The molecule has 2 aromatic rings. The van der Waals surface area contributed by atoms with Gasteiger partial charge in [0.05, 0.1) is 16.7 Å². The highest BCUT2D eigenvalue weighted by molar-refractivity contribution is 8.15. The van der Waals surface area contributed by atoms with Crippen molar-refractivity contribution < 1.29 is 41.8 Å². The summed E-state index contributed by atoms with van der Waals surface area (Å²) in [7, 11) is 0. The monoisotopic (exact) mass is 523 g/mol. The predicted octanol–water partition coefficient (Wildman–Crippen LogP) is 5.04. The van der Waals surface area contributed by atoms with E-state index in [2.05, 4.69) is 5.32 Å². The Kier molecular flexibility index (Phi) is 7.89. The largest absolute Gasteiger partial charge is 0.491 e. The molecule has 1 N–H and O–H groups in total. The van der Waals surface area contributed by atoms with Crippen molar-refractivity contribution in [2.24, 2.45) is 5.92 Å². The first kappa shape index (κ1) is 26.0. The van der Waals surface area contributed by atoms with Gasteiger partial charge in [-0.25, -0.2) is 0 Å². The van der Waals surface area contributed by atoms with E-state index >= 15 is 0 Å². The number of carbonyl (C=O) groups is 3. The van der Waals surface area contributed by atoms with Crippen molar-refractivity contribution in [1.29, 1.82) is 0 Å². The summed E-state index contributed by atoms with van der Waals surface area (Å²) >= 11 is 0.949. The number of imide groups is 1. The number of nitrogens with one attached hydrogen (secondary N) is 1. The first-order chi connectivity index (χ1) is 17.1. The average molecular weight is 524 g/mol. The second-order valence-electron chi connectivity index (χ2n) is 8.57. The Hall–Kier alpha value is -3.05. The van der Waals surface area contributed by atoms with Crippen molar-refractivity contribution in [1.82, 2.24) is 5.32 Å². The van der Waals surface area contributed by atoms with Crippen LogP contribution in [0.3, 0.4) is 0 Å². The smallest absolute Gasteiger partial charge is 0.416 e. The van der Waals surface area contributed by atoms with Crippen molar-refractivity contribution in [2.45, 2.75) is 50.0 Å². The zero-order valence-corrected chi connectivity index (χ0v) is 20.1. The maximum Gasteiger partial charge on any atom is 0.416 e. The summed E-state index contributed by atoms with van der Waals surface area (Å²) in [6.07, 6.45) is -4.27. The molecule has 192 valence electrons. The van der Waals surface area contributed by atoms with E-state index in [0.29, 0.717) is 17.7 Å². The molecule has 1 saturated carbocycles. The Morgan fingerprint density at radius 3 is 2.31 bits per heavy atom. The fourth-order valence-corrected chi connectivity index (χ4v) is 4.43. The van der Waals surface area contributed by atoms with Gasteiger partial charge >= 0.3 is 12.1 Å². The van der Waals surface area contributed by atoms with E-state index in [1.807, 2.05) is 0 Å². The van der Waals surface area contributed by atoms with E-state index in [0.717, 1.165) is 42.3 Å². The highest BCUT2D eigenvalue weighted by Gasteiger charge is 2.34. The first-order valence-electron chi connectivity index (χ1n) is 11.3. The van der Waals surface area contributed by atoms with E-state index in [1.54, 1.807) is 31.2 Å². The lowest BCUT2D eigenvalue weighted by atomic mass is 10.1. The summed E-state index contributed by atoms with van der Waals surface area (Å²) in [5, 5.41) is 1.40. The molecule has 2 fully saturated rings. The number of hydrogen-bond donors (Lipinski definition) is 1. The van der Waals surface area contributed by atoms with Crippen LogP contribution in [0.1, 0.15) is 42.6 Å². The molecule has 1 aliphatic heterocycles. The van der Waals surface area contributed by atoms with E-state index in [1.165, 1.54) is 12.1 Å². The van der Waals surface area contributed by atoms with Crippen molar-refractivity contribution >= 4 is 28.9 Å². The SMILES string of the molecule is CC(OC(=O)C1CC1)OC(COc1ccc(CC2SC(=O)NC2=O)cc1)c1ccc(C(F)(F)F)cc1.